The third-order valence-corrected chi connectivity index (χ3v) is 3.08. The molecule has 8 nitrogen and oxygen atoms in total. The lowest BCUT2D eigenvalue weighted by atomic mass is 10.1. The van der Waals surface area contributed by atoms with Crippen molar-refractivity contribution in [2.75, 3.05) is 19.5 Å². The molecule has 1 unspecified atom stereocenters. The van der Waals surface area contributed by atoms with Crippen LogP contribution in [0.3, 0.4) is 0 Å². The van der Waals surface area contributed by atoms with Crippen molar-refractivity contribution in [2.45, 2.75) is 12.6 Å². The first kappa shape index (κ1) is 13.8. The summed E-state index contributed by atoms with van der Waals surface area (Å²) in [6.07, 6.45) is 3.16. The maximum atomic E-state index is 6.18. The van der Waals surface area contributed by atoms with Gasteiger partial charge in [0.15, 0.2) is 0 Å². The number of H-pyrrole nitrogens is 1. The largest absolute Gasteiger partial charge is 0.384 e. The van der Waals surface area contributed by atoms with E-state index in [1.165, 1.54) is 0 Å². The van der Waals surface area contributed by atoms with E-state index in [9.17, 15) is 0 Å². The van der Waals surface area contributed by atoms with Gasteiger partial charge in [-0.1, -0.05) is 11.6 Å². The summed E-state index contributed by atoms with van der Waals surface area (Å²) < 4.78 is 6.76. The molecular formula is C10H16ClN7O. The zero-order valence-corrected chi connectivity index (χ0v) is 11.2. The number of hydrogen-bond donors (Lipinski definition) is 4. The number of ether oxygens (including phenoxy) is 1. The maximum absolute atomic E-state index is 6.18. The molecule has 0 aliphatic rings. The van der Waals surface area contributed by atoms with Crippen LogP contribution in [-0.4, -0.2) is 33.7 Å². The highest BCUT2D eigenvalue weighted by Gasteiger charge is 2.24. The number of methoxy groups -OCH3 is 1. The van der Waals surface area contributed by atoms with Crippen molar-refractivity contribution < 1.29 is 4.74 Å². The number of aromatic nitrogens is 4. The van der Waals surface area contributed by atoms with Gasteiger partial charge < -0.3 is 10.5 Å². The zero-order valence-electron chi connectivity index (χ0n) is 10.4. The molecule has 0 aliphatic carbocycles. The third kappa shape index (κ3) is 2.71. The third-order valence-electron chi connectivity index (χ3n) is 2.79. The topological polar surface area (TPSA) is 120 Å². The van der Waals surface area contributed by atoms with Gasteiger partial charge in [0, 0.05) is 12.7 Å². The number of hydrazine groups is 1. The van der Waals surface area contributed by atoms with Crippen LogP contribution in [-0.2, 0) is 11.3 Å². The van der Waals surface area contributed by atoms with Crippen LogP contribution >= 0.6 is 11.6 Å². The molecule has 0 aromatic carbocycles. The fraction of sp³-hybridized carbons (Fsp3) is 0.400. The van der Waals surface area contributed by atoms with Gasteiger partial charge in [-0.15, -0.1) is 0 Å². The fourth-order valence-corrected chi connectivity index (χ4v) is 2.12. The summed E-state index contributed by atoms with van der Waals surface area (Å²) in [6.45, 7) is 1.08. The molecule has 6 N–H and O–H groups in total. The number of halogens is 1. The number of nitrogens with one attached hydrogen (secondary N) is 2. The Morgan fingerprint density at radius 3 is 2.95 bits per heavy atom. The number of anilines is 1. The van der Waals surface area contributed by atoms with Gasteiger partial charge in [0.1, 0.15) is 5.82 Å². The summed E-state index contributed by atoms with van der Waals surface area (Å²) in [4.78, 5) is 0. The van der Waals surface area contributed by atoms with Crippen molar-refractivity contribution in [3.63, 3.8) is 0 Å². The van der Waals surface area contributed by atoms with E-state index in [2.05, 4.69) is 20.7 Å². The Morgan fingerprint density at radius 2 is 2.37 bits per heavy atom. The first-order valence-electron chi connectivity index (χ1n) is 5.64. The number of aromatic amines is 1. The van der Waals surface area contributed by atoms with Crippen LogP contribution in [0.15, 0.2) is 12.4 Å². The van der Waals surface area contributed by atoms with E-state index in [4.69, 9.17) is 27.9 Å². The highest BCUT2D eigenvalue weighted by atomic mass is 35.5. The predicted molar refractivity (Wildman–Crippen MR) is 71.3 cm³/mol. The standard InChI is InChI=1S/C10H16ClN7O/c1-19-3-2-18-9(7(11)5-15-18)8(16-13)6-4-14-17-10(6)12/h4-5,8,16H,2-3,13H2,1H3,(H3,12,14,17). The lowest BCUT2D eigenvalue weighted by Gasteiger charge is -2.17. The lowest BCUT2D eigenvalue weighted by Crippen LogP contribution is -2.31. The second-order valence-electron chi connectivity index (χ2n) is 3.93. The molecule has 2 aromatic rings. The van der Waals surface area contributed by atoms with Crippen LogP contribution in [0, 0.1) is 0 Å². The van der Waals surface area contributed by atoms with Crippen LogP contribution in [0.5, 0.6) is 0 Å². The SMILES string of the molecule is COCCn1ncc(Cl)c1C(NN)c1cn[nH]c1N. The highest BCUT2D eigenvalue weighted by molar-refractivity contribution is 6.31. The van der Waals surface area contributed by atoms with Crippen LogP contribution < -0.4 is 17.0 Å². The average molecular weight is 286 g/mol. The first-order valence-corrected chi connectivity index (χ1v) is 6.01. The second-order valence-corrected chi connectivity index (χ2v) is 4.34. The van der Waals surface area contributed by atoms with Crippen molar-refractivity contribution >= 4 is 17.4 Å². The Bertz CT molecular complexity index is 538. The molecule has 0 radical (unpaired) electrons. The number of nitrogen functional groups attached to an aromatic ring is 1. The molecule has 0 saturated carbocycles. The van der Waals surface area contributed by atoms with E-state index in [-0.39, 0.29) is 0 Å². The maximum Gasteiger partial charge on any atom is 0.124 e. The van der Waals surface area contributed by atoms with E-state index >= 15 is 0 Å². The van der Waals surface area contributed by atoms with Gasteiger partial charge in [0.2, 0.25) is 0 Å². The smallest absolute Gasteiger partial charge is 0.124 e. The molecule has 2 rings (SSSR count). The van der Waals surface area contributed by atoms with Crippen molar-refractivity contribution in [1.29, 1.82) is 0 Å². The summed E-state index contributed by atoms with van der Waals surface area (Å²) in [6, 6.07) is -0.398. The molecule has 2 aromatic heterocycles. The van der Waals surface area contributed by atoms with Crippen molar-refractivity contribution in [1.82, 2.24) is 25.4 Å². The predicted octanol–water partition coefficient (Wildman–Crippen LogP) is 0.0409. The molecule has 0 saturated heterocycles. The van der Waals surface area contributed by atoms with E-state index in [1.807, 2.05) is 0 Å². The molecule has 0 spiro atoms. The van der Waals surface area contributed by atoms with E-state index in [1.54, 1.807) is 24.2 Å². The first-order chi connectivity index (χ1) is 9.19. The number of nitrogens with two attached hydrogens (primary N) is 2. The zero-order chi connectivity index (χ0) is 13.8. The van der Waals surface area contributed by atoms with Gasteiger partial charge in [-0.3, -0.25) is 15.6 Å². The number of nitrogens with zero attached hydrogens (tertiary/aromatic N) is 3. The minimum atomic E-state index is -0.398. The summed E-state index contributed by atoms with van der Waals surface area (Å²) in [7, 11) is 1.62. The number of rotatable bonds is 6. The molecule has 104 valence electrons. The van der Waals surface area contributed by atoms with E-state index in [0.29, 0.717) is 35.2 Å². The summed E-state index contributed by atoms with van der Waals surface area (Å²) in [5.74, 6) is 6.04. The summed E-state index contributed by atoms with van der Waals surface area (Å²) in [5, 5.41) is 11.2. The van der Waals surface area contributed by atoms with Crippen LogP contribution in [0.2, 0.25) is 5.02 Å². The van der Waals surface area contributed by atoms with Crippen LogP contribution in [0.4, 0.5) is 5.82 Å². The molecule has 0 bridgehead atoms. The van der Waals surface area contributed by atoms with Crippen molar-refractivity contribution in [3.05, 3.63) is 28.7 Å². The Balaban J connectivity index is 2.38. The Kier molecular flexibility index (Phi) is 4.38. The van der Waals surface area contributed by atoms with E-state index in [0.717, 1.165) is 0 Å². The van der Waals surface area contributed by atoms with Gasteiger partial charge in [0.05, 0.1) is 42.3 Å². The quantitative estimate of drug-likeness (QED) is 0.439. The molecule has 0 amide bonds. The Hall–Kier alpha value is -1.61. The number of hydrogen-bond acceptors (Lipinski definition) is 6. The molecular weight excluding hydrogens is 270 g/mol. The fourth-order valence-electron chi connectivity index (χ4n) is 1.87. The molecule has 19 heavy (non-hydrogen) atoms. The Labute approximate surface area is 115 Å². The molecule has 0 fully saturated rings. The van der Waals surface area contributed by atoms with Gasteiger partial charge in [0.25, 0.3) is 0 Å². The van der Waals surface area contributed by atoms with Gasteiger partial charge in [-0.2, -0.15) is 10.2 Å². The molecule has 9 heteroatoms. The van der Waals surface area contributed by atoms with Gasteiger partial charge in [-0.25, -0.2) is 5.43 Å². The average Bonchev–Trinajstić information content (AvgIpc) is 2.97. The molecule has 2 heterocycles. The van der Waals surface area contributed by atoms with Crippen molar-refractivity contribution in [3.8, 4) is 0 Å². The summed E-state index contributed by atoms with van der Waals surface area (Å²) >= 11 is 6.18. The van der Waals surface area contributed by atoms with Gasteiger partial charge in [-0.05, 0) is 0 Å². The second kappa shape index (κ2) is 6.02. The monoisotopic (exact) mass is 285 g/mol. The molecule has 1 atom stereocenters. The van der Waals surface area contributed by atoms with Gasteiger partial charge >= 0.3 is 0 Å². The van der Waals surface area contributed by atoms with Crippen LogP contribution in [0.25, 0.3) is 0 Å². The normalized spacial score (nSPS) is 12.8. The minimum Gasteiger partial charge on any atom is -0.384 e. The van der Waals surface area contributed by atoms with Crippen LogP contribution in [0.1, 0.15) is 17.3 Å². The van der Waals surface area contributed by atoms with Crippen molar-refractivity contribution in [2.24, 2.45) is 5.84 Å². The lowest BCUT2D eigenvalue weighted by molar-refractivity contribution is 0.182. The minimum absolute atomic E-state index is 0.398. The highest BCUT2D eigenvalue weighted by Crippen LogP contribution is 2.29. The molecule has 0 aliphatic heterocycles. The van der Waals surface area contributed by atoms with E-state index < -0.39 is 6.04 Å². The summed E-state index contributed by atoms with van der Waals surface area (Å²) in [5.41, 5.74) is 9.92. The Morgan fingerprint density at radius 1 is 1.58 bits per heavy atom.